The Morgan fingerprint density at radius 2 is 1.70 bits per heavy atom. The summed E-state index contributed by atoms with van der Waals surface area (Å²) in [7, 11) is 0. The molecular formula is C15H22F2N2S. The van der Waals surface area contributed by atoms with Crippen LogP contribution in [0.4, 0.5) is 14.5 Å². The van der Waals surface area contributed by atoms with Gasteiger partial charge in [0, 0.05) is 19.2 Å². The van der Waals surface area contributed by atoms with E-state index in [4.69, 9.17) is 12.2 Å². The number of nitrogens with one attached hydrogen (secondary N) is 1. The van der Waals surface area contributed by atoms with Crippen LogP contribution in [0.5, 0.6) is 0 Å². The fourth-order valence-corrected chi connectivity index (χ4v) is 2.17. The van der Waals surface area contributed by atoms with Gasteiger partial charge in [0.2, 0.25) is 0 Å². The third-order valence-corrected chi connectivity index (χ3v) is 2.99. The highest BCUT2D eigenvalue weighted by Gasteiger charge is 2.14. The molecule has 0 heterocycles. The van der Waals surface area contributed by atoms with Crippen LogP contribution in [0.2, 0.25) is 0 Å². The van der Waals surface area contributed by atoms with Crippen molar-refractivity contribution in [1.82, 2.24) is 4.90 Å². The summed E-state index contributed by atoms with van der Waals surface area (Å²) >= 11 is 5.34. The molecule has 112 valence electrons. The normalized spacial score (nSPS) is 11.0. The van der Waals surface area contributed by atoms with E-state index < -0.39 is 11.6 Å². The fourth-order valence-electron chi connectivity index (χ4n) is 1.91. The molecule has 0 amide bonds. The van der Waals surface area contributed by atoms with Crippen LogP contribution >= 0.6 is 12.2 Å². The zero-order valence-corrected chi connectivity index (χ0v) is 13.2. The Kier molecular flexibility index (Phi) is 6.33. The maximum absolute atomic E-state index is 13.6. The summed E-state index contributed by atoms with van der Waals surface area (Å²) in [5.41, 5.74) is 0.203. The van der Waals surface area contributed by atoms with Crippen molar-refractivity contribution in [2.75, 3.05) is 18.4 Å². The van der Waals surface area contributed by atoms with E-state index in [1.165, 1.54) is 12.1 Å². The summed E-state index contributed by atoms with van der Waals surface area (Å²) in [6.45, 7) is 10.0. The molecule has 20 heavy (non-hydrogen) atoms. The summed E-state index contributed by atoms with van der Waals surface area (Å²) in [6.07, 6.45) is 0. The first-order chi connectivity index (χ1) is 9.29. The summed E-state index contributed by atoms with van der Waals surface area (Å²) in [6, 6.07) is 3.42. The summed E-state index contributed by atoms with van der Waals surface area (Å²) in [5.74, 6) is -0.334. The van der Waals surface area contributed by atoms with E-state index in [0.717, 1.165) is 19.2 Å². The van der Waals surface area contributed by atoms with E-state index >= 15 is 0 Å². The van der Waals surface area contributed by atoms with Gasteiger partial charge in [-0.15, -0.1) is 0 Å². The van der Waals surface area contributed by atoms with Crippen molar-refractivity contribution >= 4 is 23.0 Å². The average molecular weight is 300 g/mol. The molecule has 1 rings (SSSR count). The molecule has 0 radical (unpaired) electrons. The second kappa shape index (κ2) is 7.53. The summed E-state index contributed by atoms with van der Waals surface area (Å²) in [4.78, 5) is 2.02. The second-order valence-electron chi connectivity index (χ2n) is 5.75. The molecule has 0 atom stereocenters. The zero-order chi connectivity index (χ0) is 15.3. The van der Waals surface area contributed by atoms with E-state index in [-0.39, 0.29) is 5.69 Å². The Labute approximate surface area is 125 Å². The summed E-state index contributed by atoms with van der Waals surface area (Å²) < 4.78 is 26.5. The zero-order valence-electron chi connectivity index (χ0n) is 12.4. The molecule has 1 aromatic rings. The van der Waals surface area contributed by atoms with E-state index in [0.29, 0.717) is 16.9 Å². The first kappa shape index (κ1) is 16.8. The van der Waals surface area contributed by atoms with Gasteiger partial charge in [-0.05, 0) is 36.2 Å². The van der Waals surface area contributed by atoms with Crippen LogP contribution in [-0.4, -0.2) is 23.1 Å². The first-order valence-electron chi connectivity index (χ1n) is 6.80. The van der Waals surface area contributed by atoms with Crippen LogP contribution in [0.1, 0.15) is 27.7 Å². The van der Waals surface area contributed by atoms with Gasteiger partial charge in [-0.3, -0.25) is 0 Å². The largest absolute Gasteiger partial charge is 0.349 e. The smallest absolute Gasteiger partial charge is 0.173 e. The molecule has 5 heteroatoms. The predicted octanol–water partition coefficient (Wildman–Crippen LogP) is 4.28. The SMILES string of the molecule is CC(C)CN(CC(C)C)C(=S)Nc1ccc(F)cc1F. The lowest BCUT2D eigenvalue weighted by Crippen LogP contribution is -2.39. The minimum Gasteiger partial charge on any atom is -0.349 e. The van der Waals surface area contributed by atoms with Gasteiger partial charge in [0.25, 0.3) is 0 Å². The number of hydrogen-bond acceptors (Lipinski definition) is 1. The molecule has 1 N–H and O–H groups in total. The molecule has 1 aromatic carbocycles. The topological polar surface area (TPSA) is 15.3 Å². The van der Waals surface area contributed by atoms with E-state index in [1.54, 1.807) is 0 Å². The maximum atomic E-state index is 13.6. The molecule has 0 aliphatic carbocycles. The fraction of sp³-hybridized carbons (Fsp3) is 0.533. The maximum Gasteiger partial charge on any atom is 0.173 e. The molecule has 0 saturated carbocycles. The number of benzene rings is 1. The Balaban J connectivity index is 2.79. The van der Waals surface area contributed by atoms with Gasteiger partial charge in [-0.2, -0.15) is 0 Å². The third-order valence-electron chi connectivity index (χ3n) is 2.63. The van der Waals surface area contributed by atoms with Gasteiger partial charge in [0.1, 0.15) is 11.6 Å². The van der Waals surface area contributed by atoms with Gasteiger partial charge >= 0.3 is 0 Å². The lowest BCUT2D eigenvalue weighted by Gasteiger charge is -2.29. The molecule has 0 spiro atoms. The van der Waals surface area contributed by atoms with Gasteiger partial charge in [0.05, 0.1) is 5.69 Å². The minimum absolute atomic E-state index is 0.203. The van der Waals surface area contributed by atoms with Crippen molar-refractivity contribution in [3.63, 3.8) is 0 Å². The standard InChI is InChI=1S/C15H22F2N2S/c1-10(2)8-19(9-11(3)4)15(20)18-14-6-5-12(16)7-13(14)17/h5-7,10-11H,8-9H2,1-4H3,(H,18,20). The van der Waals surface area contributed by atoms with Crippen LogP contribution in [0.15, 0.2) is 18.2 Å². The minimum atomic E-state index is -0.638. The second-order valence-corrected chi connectivity index (χ2v) is 6.13. The average Bonchev–Trinajstić information content (AvgIpc) is 2.30. The lowest BCUT2D eigenvalue weighted by atomic mass is 10.1. The Morgan fingerprint density at radius 1 is 1.15 bits per heavy atom. The van der Waals surface area contributed by atoms with Crippen LogP contribution < -0.4 is 5.32 Å². The molecule has 0 aliphatic heterocycles. The highest BCUT2D eigenvalue weighted by molar-refractivity contribution is 7.80. The first-order valence-corrected chi connectivity index (χ1v) is 7.21. The van der Waals surface area contributed by atoms with Gasteiger partial charge < -0.3 is 10.2 Å². The van der Waals surface area contributed by atoms with Crippen LogP contribution in [0.25, 0.3) is 0 Å². The van der Waals surface area contributed by atoms with Crippen molar-refractivity contribution in [2.24, 2.45) is 11.8 Å². The van der Waals surface area contributed by atoms with Crippen molar-refractivity contribution < 1.29 is 8.78 Å². The highest BCUT2D eigenvalue weighted by Crippen LogP contribution is 2.16. The van der Waals surface area contributed by atoms with Crippen molar-refractivity contribution in [3.05, 3.63) is 29.8 Å². The van der Waals surface area contributed by atoms with Gasteiger partial charge in [-0.25, -0.2) is 8.78 Å². The number of halogens is 2. The highest BCUT2D eigenvalue weighted by atomic mass is 32.1. The summed E-state index contributed by atoms with van der Waals surface area (Å²) in [5, 5.41) is 3.33. The molecule has 0 aliphatic rings. The van der Waals surface area contributed by atoms with E-state index in [2.05, 4.69) is 33.0 Å². The Morgan fingerprint density at radius 3 is 2.15 bits per heavy atom. The molecule has 2 nitrogen and oxygen atoms in total. The monoisotopic (exact) mass is 300 g/mol. The number of nitrogens with zero attached hydrogens (tertiary/aromatic N) is 1. The molecule has 0 saturated heterocycles. The van der Waals surface area contributed by atoms with Crippen molar-refractivity contribution in [2.45, 2.75) is 27.7 Å². The van der Waals surface area contributed by atoms with Gasteiger partial charge in [0.15, 0.2) is 5.11 Å². The number of thiocarbonyl (C=S) groups is 1. The number of anilines is 1. The van der Waals surface area contributed by atoms with Crippen LogP contribution in [0.3, 0.4) is 0 Å². The number of rotatable bonds is 5. The van der Waals surface area contributed by atoms with Crippen molar-refractivity contribution in [1.29, 1.82) is 0 Å². The van der Waals surface area contributed by atoms with Crippen LogP contribution in [-0.2, 0) is 0 Å². The van der Waals surface area contributed by atoms with Gasteiger partial charge in [-0.1, -0.05) is 27.7 Å². The van der Waals surface area contributed by atoms with Crippen molar-refractivity contribution in [3.8, 4) is 0 Å². The van der Waals surface area contributed by atoms with Crippen LogP contribution in [0, 0.1) is 23.5 Å². The quantitative estimate of drug-likeness (QED) is 0.817. The molecule has 0 aromatic heterocycles. The predicted molar refractivity (Wildman–Crippen MR) is 83.8 cm³/mol. The van der Waals surface area contributed by atoms with E-state index in [1.807, 2.05) is 4.90 Å². The molecule has 0 bridgehead atoms. The van der Waals surface area contributed by atoms with E-state index in [9.17, 15) is 8.78 Å². The third kappa shape index (κ3) is 5.41. The number of hydrogen-bond donors (Lipinski definition) is 1. The molecular weight excluding hydrogens is 278 g/mol. The Hall–Kier alpha value is -1.23. The molecule has 0 fully saturated rings. The lowest BCUT2D eigenvalue weighted by molar-refractivity contribution is 0.332. The molecule has 0 unspecified atom stereocenters. The Bertz CT molecular complexity index is 451.